The van der Waals surface area contributed by atoms with Gasteiger partial charge in [-0.25, -0.2) is 13.1 Å². The second-order valence-electron chi connectivity index (χ2n) is 4.77. The van der Waals surface area contributed by atoms with E-state index < -0.39 is 15.3 Å². The molecule has 1 unspecified atom stereocenters. The van der Waals surface area contributed by atoms with Crippen molar-refractivity contribution in [3.63, 3.8) is 0 Å². The highest BCUT2D eigenvalue weighted by atomic mass is 32.2. The molecule has 8 heteroatoms. The van der Waals surface area contributed by atoms with Gasteiger partial charge in [-0.2, -0.15) is 0 Å². The molecule has 0 aliphatic carbocycles. The first-order valence-corrected chi connectivity index (χ1v) is 8.02. The molecule has 7 nitrogen and oxygen atoms in total. The quantitative estimate of drug-likeness (QED) is 0.676. The van der Waals surface area contributed by atoms with Gasteiger partial charge >= 0.3 is 0 Å². The van der Waals surface area contributed by atoms with Gasteiger partial charge in [0.15, 0.2) is 11.5 Å². The highest BCUT2D eigenvalue weighted by Gasteiger charge is 2.30. The van der Waals surface area contributed by atoms with Gasteiger partial charge in [-0.15, -0.1) is 0 Å². The first kappa shape index (κ1) is 13.6. The fourth-order valence-corrected chi connectivity index (χ4v) is 3.41. The fraction of sp³-hybridized carbons (Fsp3) is 0.500. The van der Waals surface area contributed by atoms with Crippen molar-refractivity contribution in [1.29, 1.82) is 0 Å². The Morgan fingerprint density at radius 2 is 1.90 bits per heavy atom. The van der Waals surface area contributed by atoms with E-state index in [4.69, 9.17) is 9.47 Å². The van der Waals surface area contributed by atoms with Crippen molar-refractivity contribution in [1.82, 2.24) is 15.6 Å². The molecule has 1 atom stereocenters. The number of fused-ring (bicyclic) bond motifs is 1. The minimum atomic E-state index is -3.35. The number of rotatable bonds is 4. The average molecular weight is 299 g/mol. The van der Waals surface area contributed by atoms with Crippen molar-refractivity contribution in [2.24, 2.45) is 0 Å². The zero-order chi connectivity index (χ0) is 14.0. The smallest absolute Gasteiger partial charge is 0.217 e. The molecular weight excluding hydrogens is 282 g/mol. The van der Waals surface area contributed by atoms with Gasteiger partial charge in [-0.3, -0.25) is 10.9 Å². The van der Waals surface area contributed by atoms with Gasteiger partial charge in [0.2, 0.25) is 10.0 Å². The number of para-hydroxylation sites is 2. The first-order valence-electron chi connectivity index (χ1n) is 6.48. The van der Waals surface area contributed by atoms with Crippen LogP contribution in [0.15, 0.2) is 24.3 Å². The van der Waals surface area contributed by atoms with Crippen LogP contribution in [0.4, 0.5) is 0 Å². The number of ether oxygens (including phenoxy) is 2. The number of hydrogen-bond acceptors (Lipinski definition) is 6. The van der Waals surface area contributed by atoms with Gasteiger partial charge < -0.3 is 9.47 Å². The highest BCUT2D eigenvalue weighted by molar-refractivity contribution is 7.90. The molecule has 2 aliphatic heterocycles. The second kappa shape index (κ2) is 5.57. The van der Waals surface area contributed by atoms with E-state index in [9.17, 15) is 8.42 Å². The second-order valence-corrected chi connectivity index (χ2v) is 6.82. The van der Waals surface area contributed by atoms with E-state index in [0.29, 0.717) is 31.2 Å². The predicted molar refractivity (Wildman–Crippen MR) is 73.1 cm³/mol. The lowest BCUT2D eigenvalue weighted by Crippen LogP contribution is -2.45. The van der Waals surface area contributed by atoms with Crippen LogP contribution >= 0.6 is 0 Å². The summed E-state index contributed by atoms with van der Waals surface area (Å²) >= 11 is 0. The summed E-state index contributed by atoms with van der Waals surface area (Å²) in [4.78, 5) is 0. The summed E-state index contributed by atoms with van der Waals surface area (Å²) in [6.07, 6.45) is -0.318. The van der Waals surface area contributed by atoms with Crippen LogP contribution in [-0.2, 0) is 10.0 Å². The molecule has 20 heavy (non-hydrogen) atoms. The van der Waals surface area contributed by atoms with Crippen LogP contribution in [0.25, 0.3) is 0 Å². The third-order valence-corrected chi connectivity index (χ3v) is 5.08. The summed E-state index contributed by atoms with van der Waals surface area (Å²) in [5, 5.41) is -0.459. The Hall–Kier alpha value is -1.35. The molecule has 0 amide bonds. The lowest BCUT2D eigenvalue weighted by molar-refractivity contribution is 0.0942. The largest absolute Gasteiger partial charge is 0.486 e. The molecule has 0 radical (unpaired) electrons. The van der Waals surface area contributed by atoms with Crippen LogP contribution in [-0.4, -0.2) is 46.0 Å². The van der Waals surface area contributed by atoms with Crippen LogP contribution in [0.3, 0.4) is 0 Å². The summed E-state index contributed by atoms with van der Waals surface area (Å²) in [5.41, 5.74) is 5.61. The number of hydrazine groups is 1. The Bertz CT molecular complexity index is 572. The molecule has 1 aromatic rings. The monoisotopic (exact) mass is 299 g/mol. The van der Waals surface area contributed by atoms with Crippen molar-refractivity contribution >= 4 is 10.0 Å². The molecule has 1 fully saturated rings. The van der Waals surface area contributed by atoms with Crippen LogP contribution in [0.2, 0.25) is 0 Å². The van der Waals surface area contributed by atoms with E-state index >= 15 is 0 Å². The summed E-state index contributed by atoms with van der Waals surface area (Å²) in [6.45, 7) is 1.34. The predicted octanol–water partition coefficient (Wildman–Crippen LogP) is -0.778. The molecule has 2 aliphatic rings. The van der Waals surface area contributed by atoms with Gasteiger partial charge in [-0.05, 0) is 12.1 Å². The van der Waals surface area contributed by atoms with Crippen LogP contribution < -0.4 is 25.0 Å². The van der Waals surface area contributed by atoms with Gasteiger partial charge in [0.1, 0.15) is 18.0 Å². The average Bonchev–Trinajstić information content (AvgIpc) is 3.00. The number of benzene rings is 1. The molecule has 0 saturated carbocycles. The van der Waals surface area contributed by atoms with E-state index in [1.807, 2.05) is 18.2 Å². The first-order chi connectivity index (χ1) is 9.65. The molecule has 0 spiro atoms. The van der Waals surface area contributed by atoms with Gasteiger partial charge in [0.05, 0.1) is 6.54 Å². The Morgan fingerprint density at radius 1 is 1.20 bits per heavy atom. The molecule has 3 N–H and O–H groups in total. The number of sulfonamides is 1. The molecule has 1 aromatic carbocycles. The maximum Gasteiger partial charge on any atom is 0.217 e. The SMILES string of the molecule is O=S(=O)(NCC1COc2ccccc2O1)C1CNNC1. The van der Waals surface area contributed by atoms with Crippen LogP contribution in [0.5, 0.6) is 11.5 Å². The third-order valence-electron chi connectivity index (χ3n) is 3.30. The summed E-state index contributed by atoms with van der Waals surface area (Å²) < 4.78 is 37.9. The molecule has 0 bridgehead atoms. The van der Waals surface area contributed by atoms with E-state index in [0.717, 1.165) is 0 Å². The topological polar surface area (TPSA) is 88.7 Å². The Labute approximate surface area is 117 Å². The van der Waals surface area contributed by atoms with Gasteiger partial charge in [-0.1, -0.05) is 12.1 Å². The van der Waals surface area contributed by atoms with E-state index in [1.54, 1.807) is 6.07 Å². The molecule has 2 heterocycles. The highest BCUT2D eigenvalue weighted by Crippen LogP contribution is 2.30. The van der Waals surface area contributed by atoms with Crippen molar-refractivity contribution in [3.8, 4) is 11.5 Å². The molecule has 0 aromatic heterocycles. The summed E-state index contributed by atoms with van der Waals surface area (Å²) in [6, 6.07) is 7.35. The fourth-order valence-electron chi connectivity index (χ4n) is 2.15. The van der Waals surface area contributed by atoms with E-state index in [2.05, 4.69) is 15.6 Å². The Kier molecular flexibility index (Phi) is 3.79. The minimum absolute atomic E-state index is 0.202. The maximum absolute atomic E-state index is 12.0. The van der Waals surface area contributed by atoms with Crippen molar-refractivity contribution in [3.05, 3.63) is 24.3 Å². The molecule has 110 valence electrons. The van der Waals surface area contributed by atoms with E-state index in [1.165, 1.54) is 0 Å². The standard InChI is InChI=1S/C12H17N3O4S/c16-20(17,10-6-13-14-7-10)15-5-9-8-18-11-3-1-2-4-12(11)19-9/h1-4,9-10,13-15H,5-8H2. The zero-order valence-corrected chi connectivity index (χ0v) is 11.7. The minimum Gasteiger partial charge on any atom is -0.486 e. The van der Waals surface area contributed by atoms with Crippen LogP contribution in [0, 0.1) is 0 Å². The lowest BCUT2D eigenvalue weighted by atomic mass is 10.2. The Balaban J connectivity index is 1.57. The number of nitrogens with one attached hydrogen (secondary N) is 3. The van der Waals surface area contributed by atoms with Crippen molar-refractivity contribution in [2.75, 3.05) is 26.2 Å². The molecule has 3 rings (SSSR count). The van der Waals surface area contributed by atoms with Gasteiger partial charge in [0, 0.05) is 13.1 Å². The Morgan fingerprint density at radius 3 is 2.65 bits per heavy atom. The molecular formula is C12H17N3O4S. The van der Waals surface area contributed by atoms with E-state index in [-0.39, 0.29) is 12.6 Å². The summed E-state index contributed by atoms with van der Waals surface area (Å²) in [7, 11) is -3.35. The normalized spacial score (nSPS) is 22.9. The van der Waals surface area contributed by atoms with Gasteiger partial charge in [0.25, 0.3) is 0 Å². The lowest BCUT2D eigenvalue weighted by Gasteiger charge is -2.26. The van der Waals surface area contributed by atoms with Crippen molar-refractivity contribution < 1.29 is 17.9 Å². The summed E-state index contributed by atoms with van der Waals surface area (Å²) in [5.74, 6) is 1.34. The molecule has 1 saturated heterocycles. The maximum atomic E-state index is 12.0. The van der Waals surface area contributed by atoms with Crippen LogP contribution in [0.1, 0.15) is 0 Å². The number of hydrogen-bond donors (Lipinski definition) is 3. The zero-order valence-electron chi connectivity index (χ0n) is 10.8. The third kappa shape index (κ3) is 2.88. The van der Waals surface area contributed by atoms with Crippen molar-refractivity contribution in [2.45, 2.75) is 11.4 Å².